The largest absolute Gasteiger partial charge is 0.387 e. The molecular weight excluding hydrogens is 134 g/mol. The lowest BCUT2D eigenvalue weighted by Crippen LogP contribution is -2.07. The maximum absolute atomic E-state index is 3.62. The summed E-state index contributed by atoms with van der Waals surface area (Å²) in [5, 5.41) is 3.17. The summed E-state index contributed by atoms with van der Waals surface area (Å²) in [6.45, 7) is 8.72. The zero-order valence-corrected chi connectivity index (χ0v) is 7.43. The Bertz CT molecular complexity index is 154. The van der Waals surface area contributed by atoms with Crippen LogP contribution in [0.2, 0.25) is 0 Å². The highest BCUT2D eigenvalue weighted by Gasteiger charge is 1.81. The minimum atomic E-state index is 0.905. The predicted molar refractivity (Wildman–Crippen MR) is 51.4 cm³/mol. The molecule has 0 radical (unpaired) electrons. The van der Waals surface area contributed by atoms with Gasteiger partial charge in [0, 0.05) is 6.54 Å². The molecule has 0 bridgehead atoms. The highest BCUT2D eigenvalue weighted by atomic mass is 14.8. The van der Waals surface area contributed by atoms with Crippen LogP contribution in [0.15, 0.2) is 36.6 Å². The van der Waals surface area contributed by atoms with Crippen LogP contribution in [0.25, 0.3) is 0 Å². The highest BCUT2D eigenvalue weighted by molar-refractivity contribution is 5.09. The fourth-order valence-corrected chi connectivity index (χ4v) is 0.681. The summed E-state index contributed by atoms with van der Waals surface area (Å²) in [4.78, 5) is 0. The van der Waals surface area contributed by atoms with Gasteiger partial charge >= 0.3 is 0 Å². The molecule has 0 aliphatic heterocycles. The minimum Gasteiger partial charge on any atom is -0.387 e. The first-order valence-electron chi connectivity index (χ1n) is 3.97. The van der Waals surface area contributed by atoms with Crippen molar-refractivity contribution in [2.24, 2.45) is 0 Å². The van der Waals surface area contributed by atoms with Crippen LogP contribution in [0, 0.1) is 0 Å². The van der Waals surface area contributed by atoms with Gasteiger partial charge in [-0.2, -0.15) is 0 Å². The maximum atomic E-state index is 3.62. The summed E-state index contributed by atoms with van der Waals surface area (Å²) in [7, 11) is 0. The van der Waals surface area contributed by atoms with Crippen molar-refractivity contribution in [2.75, 3.05) is 6.54 Å². The molecule has 0 atom stereocenters. The third-order valence-corrected chi connectivity index (χ3v) is 1.25. The molecule has 0 saturated heterocycles. The van der Waals surface area contributed by atoms with Crippen molar-refractivity contribution in [3.63, 3.8) is 0 Å². The van der Waals surface area contributed by atoms with E-state index in [1.54, 1.807) is 6.08 Å². The summed E-state index contributed by atoms with van der Waals surface area (Å²) in [5.41, 5.74) is 1.29. The fourth-order valence-electron chi connectivity index (χ4n) is 0.681. The van der Waals surface area contributed by atoms with E-state index in [4.69, 9.17) is 0 Å². The van der Waals surface area contributed by atoms with E-state index < -0.39 is 0 Å². The van der Waals surface area contributed by atoms with E-state index in [0.717, 1.165) is 13.0 Å². The number of allylic oxidation sites excluding steroid dienone is 3. The van der Waals surface area contributed by atoms with E-state index in [1.807, 2.05) is 12.3 Å². The molecule has 0 aromatic carbocycles. The molecule has 1 N–H and O–H groups in total. The van der Waals surface area contributed by atoms with Gasteiger partial charge in [0.25, 0.3) is 0 Å². The molecule has 0 saturated carbocycles. The van der Waals surface area contributed by atoms with Gasteiger partial charge in [0.1, 0.15) is 0 Å². The van der Waals surface area contributed by atoms with Crippen LogP contribution in [0.3, 0.4) is 0 Å². The van der Waals surface area contributed by atoms with Crippen molar-refractivity contribution in [3.8, 4) is 0 Å². The summed E-state index contributed by atoms with van der Waals surface area (Å²) in [6, 6.07) is 0. The summed E-state index contributed by atoms with van der Waals surface area (Å²) < 4.78 is 0. The zero-order chi connectivity index (χ0) is 8.53. The SMILES string of the molecule is C=C/C=C(\C)CN/C=C/CC. The Labute approximate surface area is 69.5 Å². The average Bonchev–Trinajstić information content (AvgIpc) is 1.99. The number of nitrogens with one attached hydrogen (secondary N) is 1. The van der Waals surface area contributed by atoms with Gasteiger partial charge in [0.05, 0.1) is 0 Å². The quantitative estimate of drug-likeness (QED) is 0.596. The molecule has 0 amide bonds. The first-order chi connectivity index (χ1) is 5.31. The standard InChI is InChI=1S/C10H17N/c1-4-6-8-11-9-10(3)7-5-2/h5-8,11H,2,4,9H2,1,3H3/b8-6+,10-7+. The van der Waals surface area contributed by atoms with Crippen molar-refractivity contribution >= 4 is 0 Å². The topological polar surface area (TPSA) is 12.0 Å². The van der Waals surface area contributed by atoms with Gasteiger partial charge in [-0.25, -0.2) is 0 Å². The van der Waals surface area contributed by atoms with Gasteiger partial charge in [0.2, 0.25) is 0 Å². The van der Waals surface area contributed by atoms with Crippen LogP contribution in [-0.4, -0.2) is 6.54 Å². The lowest BCUT2D eigenvalue weighted by atomic mass is 10.3. The van der Waals surface area contributed by atoms with Crippen molar-refractivity contribution in [1.29, 1.82) is 0 Å². The van der Waals surface area contributed by atoms with E-state index in [9.17, 15) is 0 Å². The molecule has 62 valence electrons. The van der Waals surface area contributed by atoms with E-state index in [0.29, 0.717) is 0 Å². The Morgan fingerprint density at radius 3 is 2.82 bits per heavy atom. The Morgan fingerprint density at radius 2 is 2.27 bits per heavy atom. The molecule has 1 nitrogen and oxygen atoms in total. The monoisotopic (exact) mass is 151 g/mol. The zero-order valence-electron chi connectivity index (χ0n) is 7.43. The van der Waals surface area contributed by atoms with Crippen LogP contribution in [0.4, 0.5) is 0 Å². The van der Waals surface area contributed by atoms with Crippen molar-refractivity contribution in [2.45, 2.75) is 20.3 Å². The fraction of sp³-hybridized carbons (Fsp3) is 0.400. The second-order valence-corrected chi connectivity index (χ2v) is 2.44. The molecule has 0 aliphatic carbocycles. The normalized spacial score (nSPS) is 12.0. The van der Waals surface area contributed by atoms with Gasteiger partial charge in [0.15, 0.2) is 0 Å². The van der Waals surface area contributed by atoms with E-state index in [2.05, 4.69) is 31.8 Å². The first-order valence-corrected chi connectivity index (χ1v) is 3.97. The molecule has 0 aromatic heterocycles. The molecule has 0 aromatic rings. The van der Waals surface area contributed by atoms with Crippen molar-refractivity contribution in [1.82, 2.24) is 5.32 Å². The van der Waals surface area contributed by atoms with E-state index >= 15 is 0 Å². The summed E-state index contributed by atoms with van der Waals surface area (Å²) in [6.07, 6.45) is 8.98. The minimum absolute atomic E-state index is 0.905. The molecule has 11 heavy (non-hydrogen) atoms. The second-order valence-electron chi connectivity index (χ2n) is 2.44. The maximum Gasteiger partial charge on any atom is 0.0354 e. The number of rotatable bonds is 5. The number of hydrogen-bond donors (Lipinski definition) is 1. The van der Waals surface area contributed by atoms with E-state index in [1.165, 1.54) is 5.57 Å². The van der Waals surface area contributed by atoms with Crippen LogP contribution in [0.1, 0.15) is 20.3 Å². The lowest BCUT2D eigenvalue weighted by molar-refractivity contribution is 0.928. The molecule has 0 unspecified atom stereocenters. The Kier molecular flexibility index (Phi) is 6.50. The molecule has 0 aliphatic rings. The third kappa shape index (κ3) is 6.91. The molecule has 0 rings (SSSR count). The van der Waals surface area contributed by atoms with Gasteiger partial charge in [-0.1, -0.05) is 37.3 Å². The molecule has 0 spiro atoms. The van der Waals surface area contributed by atoms with Crippen LogP contribution < -0.4 is 5.32 Å². The van der Waals surface area contributed by atoms with Gasteiger partial charge < -0.3 is 5.32 Å². The Morgan fingerprint density at radius 1 is 1.55 bits per heavy atom. The van der Waals surface area contributed by atoms with Gasteiger partial charge in [-0.05, 0) is 19.5 Å². The average molecular weight is 151 g/mol. The first kappa shape index (κ1) is 10.0. The van der Waals surface area contributed by atoms with Crippen molar-refractivity contribution < 1.29 is 0 Å². The summed E-state index contributed by atoms with van der Waals surface area (Å²) >= 11 is 0. The Balaban J connectivity index is 3.45. The lowest BCUT2D eigenvalue weighted by Gasteiger charge is -1.98. The van der Waals surface area contributed by atoms with Crippen LogP contribution >= 0.6 is 0 Å². The van der Waals surface area contributed by atoms with Gasteiger partial charge in [-0.15, -0.1) is 0 Å². The van der Waals surface area contributed by atoms with Gasteiger partial charge in [-0.3, -0.25) is 0 Å². The highest BCUT2D eigenvalue weighted by Crippen LogP contribution is 1.89. The summed E-state index contributed by atoms with van der Waals surface area (Å²) in [5.74, 6) is 0. The third-order valence-electron chi connectivity index (χ3n) is 1.25. The molecule has 0 heterocycles. The van der Waals surface area contributed by atoms with Crippen LogP contribution in [-0.2, 0) is 0 Å². The Hall–Kier alpha value is -0.980. The second kappa shape index (κ2) is 7.13. The molecular formula is C10H17N. The molecule has 1 heteroatoms. The predicted octanol–water partition coefficient (Wildman–Crippen LogP) is 2.63. The van der Waals surface area contributed by atoms with E-state index in [-0.39, 0.29) is 0 Å². The van der Waals surface area contributed by atoms with Crippen LogP contribution in [0.5, 0.6) is 0 Å². The van der Waals surface area contributed by atoms with Crippen molar-refractivity contribution in [3.05, 3.63) is 36.6 Å². The number of hydrogen-bond acceptors (Lipinski definition) is 1. The molecule has 0 fully saturated rings. The smallest absolute Gasteiger partial charge is 0.0354 e.